The Labute approximate surface area is 196 Å². The second kappa shape index (κ2) is 9.99. The van der Waals surface area contributed by atoms with Crippen molar-refractivity contribution < 1.29 is 14.3 Å². The minimum Gasteiger partial charge on any atom is -0.489 e. The van der Waals surface area contributed by atoms with Crippen LogP contribution in [0.25, 0.3) is 0 Å². The number of amides is 1. The molecular weight excluding hydrogens is 468 g/mol. The van der Waals surface area contributed by atoms with Gasteiger partial charge in [-0.05, 0) is 60.4 Å². The summed E-state index contributed by atoms with van der Waals surface area (Å²) in [4.78, 5) is 13.5. The van der Waals surface area contributed by atoms with Gasteiger partial charge in [0, 0.05) is 29.4 Å². The fourth-order valence-electron chi connectivity index (χ4n) is 3.95. The summed E-state index contributed by atoms with van der Waals surface area (Å²) in [6.07, 6.45) is 1.26. The molecule has 1 aliphatic heterocycles. The van der Waals surface area contributed by atoms with Gasteiger partial charge in [-0.1, -0.05) is 46.3 Å². The predicted octanol–water partition coefficient (Wildman–Crippen LogP) is 5.59. The Morgan fingerprint density at radius 1 is 1.06 bits per heavy atom. The maximum absolute atomic E-state index is 13.5. The first-order chi connectivity index (χ1) is 15.6. The number of anilines is 1. The summed E-state index contributed by atoms with van der Waals surface area (Å²) in [6, 6.07) is 24.8. The zero-order valence-corrected chi connectivity index (χ0v) is 19.1. The number of carbonyl (C=O) groups excluding carboxylic acids is 1. The number of nitrogens with zero attached hydrogens (tertiary/aromatic N) is 1. The average Bonchev–Trinajstić information content (AvgIpc) is 2.84. The highest BCUT2D eigenvalue weighted by molar-refractivity contribution is 9.10. The summed E-state index contributed by atoms with van der Waals surface area (Å²) in [6.45, 7) is 1.44. The summed E-state index contributed by atoms with van der Waals surface area (Å²) in [5.41, 5.74) is 2.55. The Balaban J connectivity index is 1.49. The molecule has 1 heterocycles. The molecule has 4 rings (SSSR count). The van der Waals surface area contributed by atoms with Crippen LogP contribution in [0.15, 0.2) is 77.3 Å². The van der Waals surface area contributed by atoms with Crippen LogP contribution < -0.4 is 10.1 Å². The number of nitrogens with one attached hydrogen (secondary N) is 1. The van der Waals surface area contributed by atoms with Gasteiger partial charge in [-0.2, -0.15) is 5.26 Å². The van der Waals surface area contributed by atoms with E-state index in [1.54, 1.807) is 12.1 Å². The molecule has 0 saturated carbocycles. The van der Waals surface area contributed by atoms with Gasteiger partial charge in [-0.25, -0.2) is 0 Å². The average molecular weight is 491 g/mol. The van der Waals surface area contributed by atoms with E-state index >= 15 is 0 Å². The molecule has 0 spiro atoms. The molecule has 6 heteroatoms. The number of ether oxygens (including phenoxy) is 2. The first kappa shape index (κ1) is 22.1. The minimum absolute atomic E-state index is 0.0398. The van der Waals surface area contributed by atoms with Crippen molar-refractivity contribution in [1.82, 2.24) is 0 Å². The zero-order chi connectivity index (χ0) is 22.4. The van der Waals surface area contributed by atoms with E-state index in [-0.39, 0.29) is 5.91 Å². The van der Waals surface area contributed by atoms with E-state index in [1.807, 2.05) is 60.7 Å². The monoisotopic (exact) mass is 490 g/mol. The molecule has 0 aliphatic carbocycles. The van der Waals surface area contributed by atoms with Gasteiger partial charge in [0.15, 0.2) is 0 Å². The van der Waals surface area contributed by atoms with Crippen LogP contribution in [0.1, 0.15) is 29.5 Å². The van der Waals surface area contributed by atoms with Crippen LogP contribution >= 0.6 is 15.9 Å². The van der Waals surface area contributed by atoms with Crippen LogP contribution in [0, 0.1) is 11.3 Å². The number of nitriles is 1. The van der Waals surface area contributed by atoms with Crippen LogP contribution in [0.4, 0.5) is 5.69 Å². The van der Waals surface area contributed by atoms with Crippen molar-refractivity contribution in [3.05, 3.63) is 94.0 Å². The lowest BCUT2D eigenvalue weighted by atomic mass is 9.73. The van der Waals surface area contributed by atoms with Gasteiger partial charge in [0.25, 0.3) is 0 Å². The maximum Gasteiger partial charge on any atom is 0.235 e. The summed E-state index contributed by atoms with van der Waals surface area (Å²) in [7, 11) is 0. The molecule has 0 unspecified atom stereocenters. The highest BCUT2D eigenvalue weighted by atomic mass is 79.9. The highest BCUT2D eigenvalue weighted by Gasteiger charge is 2.41. The summed E-state index contributed by atoms with van der Waals surface area (Å²) in [5.74, 6) is 0.608. The van der Waals surface area contributed by atoms with Gasteiger partial charge >= 0.3 is 0 Å². The van der Waals surface area contributed by atoms with E-state index in [1.165, 1.54) is 0 Å². The summed E-state index contributed by atoms with van der Waals surface area (Å²) < 4.78 is 12.4. The second-order valence-corrected chi connectivity index (χ2v) is 8.70. The van der Waals surface area contributed by atoms with Gasteiger partial charge in [-0.15, -0.1) is 0 Å². The molecule has 162 valence electrons. The van der Waals surface area contributed by atoms with Gasteiger partial charge in [0.2, 0.25) is 5.91 Å². The Bertz CT molecular complexity index is 1130. The first-order valence-electron chi connectivity index (χ1n) is 10.5. The van der Waals surface area contributed by atoms with Crippen LogP contribution in [0.2, 0.25) is 0 Å². The quantitative estimate of drug-likeness (QED) is 0.488. The largest absolute Gasteiger partial charge is 0.489 e. The van der Waals surface area contributed by atoms with Crippen molar-refractivity contribution in [2.24, 2.45) is 0 Å². The lowest BCUT2D eigenvalue weighted by Crippen LogP contribution is -2.44. The van der Waals surface area contributed by atoms with Crippen LogP contribution in [0.3, 0.4) is 0 Å². The molecule has 1 amide bonds. The first-order valence-corrected chi connectivity index (χ1v) is 11.3. The minimum atomic E-state index is -0.631. The van der Waals surface area contributed by atoms with Crippen molar-refractivity contribution >= 4 is 27.5 Å². The van der Waals surface area contributed by atoms with Crippen molar-refractivity contribution in [3.63, 3.8) is 0 Å². The van der Waals surface area contributed by atoms with Gasteiger partial charge in [-0.3, -0.25) is 4.79 Å². The van der Waals surface area contributed by atoms with E-state index in [0.717, 1.165) is 15.6 Å². The summed E-state index contributed by atoms with van der Waals surface area (Å²) >= 11 is 3.47. The Hall–Kier alpha value is -3.14. The van der Waals surface area contributed by atoms with E-state index in [2.05, 4.69) is 27.3 Å². The third kappa shape index (κ3) is 5.01. The van der Waals surface area contributed by atoms with E-state index in [0.29, 0.717) is 49.7 Å². The fraction of sp³-hybridized carbons (Fsp3) is 0.231. The predicted molar refractivity (Wildman–Crippen MR) is 126 cm³/mol. The Morgan fingerprint density at radius 2 is 1.81 bits per heavy atom. The van der Waals surface area contributed by atoms with Crippen molar-refractivity contribution in [1.29, 1.82) is 5.26 Å². The third-order valence-electron chi connectivity index (χ3n) is 5.73. The van der Waals surface area contributed by atoms with E-state index in [9.17, 15) is 4.79 Å². The Morgan fingerprint density at radius 3 is 2.56 bits per heavy atom. The molecule has 1 aliphatic rings. The molecule has 0 aromatic heterocycles. The van der Waals surface area contributed by atoms with Crippen molar-refractivity contribution in [2.45, 2.75) is 24.9 Å². The topological polar surface area (TPSA) is 71.3 Å². The van der Waals surface area contributed by atoms with Gasteiger partial charge < -0.3 is 14.8 Å². The van der Waals surface area contributed by atoms with Gasteiger partial charge in [0.05, 0.1) is 17.0 Å². The lowest BCUT2D eigenvalue weighted by molar-refractivity contribution is -0.125. The van der Waals surface area contributed by atoms with Crippen LogP contribution in [-0.4, -0.2) is 19.1 Å². The number of hydrogen-bond donors (Lipinski definition) is 1. The molecular formula is C26H23BrN2O3. The van der Waals surface area contributed by atoms with E-state index < -0.39 is 5.41 Å². The number of carbonyl (C=O) groups is 1. The molecule has 0 atom stereocenters. The van der Waals surface area contributed by atoms with Gasteiger partial charge in [0.1, 0.15) is 12.4 Å². The molecule has 1 N–H and O–H groups in total. The number of rotatable bonds is 6. The van der Waals surface area contributed by atoms with Crippen molar-refractivity contribution in [3.8, 4) is 11.8 Å². The second-order valence-electron chi connectivity index (χ2n) is 7.78. The molecule has 0 bridgehead atoms. The molecule has 32 heavy (non-hydrogen) atoms. The fourth-order valence-corrected chi connectivity index (χ4v) is 4.21. The maximum atomic E-state index is 13.5. The number of benzene rings is 3. The summed E-state index contributed by atoms with van der Waals surface area (Å²) in [5, 5.41) is 12.1. The lowest BCUT2D eigenvalue weighted by Gasteiger charge is -2.36. The Kier molecular flexibility index (Phi) is 6.89. The smallest absolute Gasteiger partial charge is 0.235 e. The number of halogens is 1. The molecule has 5 nitrogen and oxygen atoms in total. The molecule has 3 aromatic carbocycles. The van der Waals surface area contributed by atoms with Crippen LogP contribution in [-0.2, 0) is 21.6 Å². The highest BCUT2D eigenvalue weighted by Crippen LogP contribution is 2.37. The normalized spacial score (nSPS) is 14.9. The standard InChI is InChI=1S/C26H23BrN2O3/c27-22-9-7-21(8-10-22)26(11-13-31-14-12-26)25(30)29-23-5-2-6-24(16-23)32-18-20-4-1-3-19(15-20)17-28/h1-10,15-16H,11-14,18H2,(H,29,30). The SMILES string of the molecule is N#Cc1cccc(COc2cccc(NC(=O)C3(c4ccc(Br)cc4)CCOCC3)c2)c1. The van der Waals surface area contributed by atoms with E-state index in [4.69, 9.17) is 14.7 Å². The number of hydrogen-bond acceptors (Lipinski definition) is 4. The molecule has 1 saturated heterocycles. The molecule has 1 fully saturated rings. The van der Waals surface area contributed by atoms with Crippen LogP contribution in [0.5, 0.6) is 5.75 Å². The zero-order valence-electron chi connectivity index (χ0n) is 17.5. The third-order valence-corrected chi connectivity index (χ3v) is 6.26. The van der Waals surface area contributed by atoms with Crippen molar-refractivity contribution in [2.75, 3.05) is 18.5 Å². The molecule has 3 aromatic rings. The molecule has 0 radical (unpaired) electrons.